The highest BCUT2D eigenvalue weighted by molar-refractivity contribution is 5.83. The third-order valence-electron chi connectivity index (χ3n) is 8.60. The number of carbonyl (C=O) groups excluding carboxylic acids is 1. The van der Waals surface area contributed by atoms with Crippen molar-refractivity contribution in [3.05, 3.63) is 12.2 Å². The van der Waals surface area contributed by atoms with Crippen molar-refractivity contribution in [3.8, 4) is 0 Å². The van der Waals surface area contributed by atoms with Crippen molar-refractivity contribution in [3.63, 3.8) is 0 Å². The highest BCUT2D eigenvalue weighted by Gasteiger charge is 2.32. The lowest BCUT2D eigenvalue weighted by molar-refractivity contribution is -0.138. The maximum absolute atomic E-state index is 11.9. The Morgan fingerprint density at radius 1 is 0.538 bits per heavy atom. The molecule has 39 heavy (non-hydrogen) atoms. The number of hydrogen-bond acceptors (Lipinski definition) is 2. The second-order valence-corrected chi connectivity index (χ2v) is 12.4. The summed E-state index contributed by atoms with van der Waals surface area (Å²) in [6, 6.07) is 0. The topological polar surface area (TPSA) is 63.3 Å². The van der Waals surface area contributed by atoms with Gasteiger partial charge in [0.25, 0.3) is 0 Å². The van der Waals surface area contributed by atoms with E-state index in [0.29, 0.717) is 12.8 Å². The SMILES string of the molecule is CC=CCCCCCCCCCCCCCCCC(O)(CCCCCCCCCCCCCCCC)C(N)=O. The van der Waals surface area contributed by atoms with E-state index in [1.54, 1.807) is 0 Å². The maximum Gasteiger partial charge on any atom is 0.249 e. The number of primary amides is 1. The minimum atomic E-state index is -1.29. The number of allylic oxidation sites excluding steroid dienone is 2. The predicted molar refractivity (Wildman–Crippen MR) is 173 cm³/mol. The van der Waals surface area contributed by atoms with Crippen LogP contribution in [0.15, 0.2) is 12.2 Å². The fourth-order valence-corrected chi connectivity index (χ4v) is 5.77. The Bertz CT molecular complexity index is 532. The van der Waals surface area contributed by atoms with Crippen molar-refractivity contribution in [1.82, 2.24) is 0 Å². The summed E-state index contributed by atoms with van der Waals surface area (Å²) in [6.45, 7) is 4.38. The minimum absolute atomic E-state index is 0.519. The molecule has 0 aliphatic heterocycles. The zero-order valence-electron chi connectivity index (χ0n) is 26.8. The van der Waals surface area contributed by atoms with Gasteiger partial charge in [0.05, 0.1) is 0 Å². The molecule has 0 aromatic heterocycles. The average molecular weight is 550 g/mol. The molecule has 0 aliphatic carbocycles. The fraction of sp³-hybridized carbons (Fsp3) is 0.917. The van der Waals surface area contributed by atoms with Gasteiger partial charge in [-0.05, 0) is 32.6 Å². The van der Waals surface area contributed by atoms with Crippen LogP contribution in [0.5, 0.6) is 0 Å². The summed E-state index contributed by atoms with van der Waals surface area (Å²) >= 11 is 0. The van der Waals surface area contributed by atoms with Crippen LogP contribution in [0, 0.1) is 0 Å². The number of rotatable bonds is 32. The van der Waals surface area contributed by atoms with Crippen LogP contribution >= 0.6 is 0 Å². The average Bonchev–Trinajstić information content (AvgIpc) is 2.93. The summed E-state index contributed by atoms with van der Waals surface area (Å²) in [6.07, 6.45) is 42.0. The molecule has 0 aromatic carbocycles. The molecule has 0 bridgehead atoms. The van der Waals surface area contributed by atoms with Crippen molar-refractivity contribution < 1.29 is 9.90 Å². The number of aliphatic hydroxyl groups is 1. The molecule has 0 spiro atoms. The van der Waals surface area contributed by atoms with E-state index in [9.17, 15) is 9.90 Å². The summed E-state index contributed by atoms with van der Waals surface area (Å²) in [5.41, 5.74) is 4.31. The van der Waals surface area contributed by atoms with E-state index in [1.165, 1.54) is 154 Å². The highest BCUT2D eigenvalue weighted by atomic mass is 16.3. The van der Waals surface area contributed by atoms with Gasteiger partial charge in [-0.3, -0.25) is 4.79 Å². The molecule has 0 saturated carbocycles. The first-order chi connectivity index (χ1) is 19.1. The van der Waals surface area contributed by atoms with Crippen LogP contribution in [-0.4, -0.2) is 16.6 Å². The molecule has 0 radical (unpaired) electrons. The smallest absolute Gasteiger partial charge is 0.249 e. The molecule has 3 N–H and O–H groups in total. The molecule has 1 amide bonds. The largest absolute Gasteiger partial charge is 0.380 e. The van der Waals surface area contributed by atoms with Gasteiger partial charge in [0.15, 0.2) is 0 Å². The normalized spacial score (nSPS) is 13.3. The zero-order valence-corrected chi connectivity index (χ0v) is 26.8. The van der Waals surface area contributed by atoms with Gasteiger partial charge in [-0.25, -0.2) is 0 Å². The molecule has 1 unspecified atom stereocenters. The van der Waals surface area contributed by atoms with Crippen LogP contribution in [0.4, 0.5) is 0 Å². The molecule has 0 saturated heterocycles. The van der Waals surface area contributed by atoms with Gasteiger partial charge in [-0.2, -0.15) is 0 Å². The molecular formula is C36H71NO2. The van der Waals surface area contributed by atoms with Crippen LogP contribution in [0.3, 0.4) is 0 Å². The first kappa shape index (κ1) is 38.2. The van der Waals surface area contributed by atoms with E-state index in [4.69, 9.17) is 5.73 Å². The van der Waals surface area contributed by atoms with Gasteiger partial charge in [-0.1, -0.05) is 186 Å². The number of unbranched alkanes of at least 4 members (excludes halogenated alkanes) is 26. The molecule has 0 fully saturated rings. The number of amides is 1. The third-order valence-corrected chi connectivity index (χ3v) is 8.60. The Morgan fingerprint density at radius 3 is 1.10 bits per heavy atom. The lowest BCUT2D eigenvalue weighted by atomic mass is 9.89. The van der Waals surface area contributed by atoms with E-state index >= 15 is 0 Å². The van der Waals surface area contributed by atoms with Gasteiger partial charge < -0.3 is 10.8 Å². The van der Waals surface area contributed by atoms with E-state index in [0.717, 1.165) is 25.7 Å². The van der Waals surface area contributed by atoms with Gasteiger partial charge in [0.2, 0.25) is 5.91 Å². The van der Waals surface area contributed by atoms with Gasteiger partial charge in [-0.15, -0.1) is 0 Å². The summed E-state index contributed by atoms with van der Waals surface area (Å²) in [5, 5.41) is 10.8. The van der Waals surface area contributed by atoms with E-state index in [2.05, 4.69) is 26.0 Å². The number of carbonyl (C=O) groups is 1. The monoisotopic (exact) mass is 550 g/mol. The van der Waals surface area contributed by atoms with Gasteiger partial charge >= 0.3 is 0 Å². The lowest BCUT2D eigenvalue weighted by Crippen LogP contribution is -2.43. The van der Waals surface area contributed by atoms with E-state index < -0.39 is 11.5 Å². The first-order valence-corrected chi connectivity index (χ1v) is 17.7. The molecule has 0 aromatic rings. The molecule has 0 rings (SSSR count). The number of nitrogens with two attached hydrogens (primary N) is 1. The van der Waals surface area contributed by atoms with E-state index in [1.807, 2.05) is 0 Å². The molecule has 3 heteroatoms. The molecule has 1 atom stereocenters. The summed E-state index contributed by atoms with van der Waals surface area (Å²) in [7, 11) is 0. The van der Waals surface area contributed by atoms with Gasteiger partial charge in [0.1, 0.15) is 5.60 Å². The zero-order chi connectivity index (χ0) is 28.7. The number of hydrogen-bond donors (Lipinski definition) is 2. The third kappa shape index (κ3) is 27.1. The van der Waals surface area contributed by atoms with Crippen molar-refractivity contribution in [2.24, 2.45) is 5.73 Å². The Morgan fingerprint density at radius 2 is 0.821 bits per heavy atom. The van der Waals surface area contributed by atoms with Crippen molar-refractivity contribution >= 4 is 5.91 Å². The molecule has 3 nitrogen and oxygen atoms in total. The van der Waals surface area contributed by atoms with Crippen molar-refractivity contribution in [1.29, 1.82) is 0 Å². The first-order valence-electron chi connectivity index (χ1n) is 17.7. The molecular weight excluding hydrogens is 478 g/mol. The summed E-state index contributed by atoms with van der Waals surface area (Å²) < 4.78 is 0. The maximum atomic E-state index is 11.9. The van der Waals surface area contributed by atoms with Crippen LogP contribution in [0.1, 0.15) is 206 Å². The van der Waals surface area contributed by atoms with Crippen LogP contribution in [0.2, 0.25) is 0 Å². The van der Waals surface area contributed by atoms with Crippen molar-refractivity contribution in [2.45, 2.75) is 212 Å². The second kappa shape index (κ2) is 30.1. The fourth-order valence-electron chi connectivity index (χ4n) is 5.77. The predicted octanol–water partition coefficient (Wildman–Crippen LogP) is 11.5. The Hall–Kier alpha value is -0.830. The molecule has 0 aliphatic rings. The van der Waals surface area contributed by atoms with Crippen LogP contribution < -0.4 is 5.73 Å². The second-order valence-electron chi connectivity index (χ2n) is 12.4. The Balaban J connectivity index is 3.54. The molecule has 232 valence electrons. The summed E-state index contributed by atoms with van der Waals surface area (Å²) in [5.74, 6) is -0.519. The lowest BCUT2D eigenvalue weighted by Gasteiger charge is -2.24. The summed E-state index contributed by atoms with van der Waals surface area (Å²) in [4.78, 5) is 11.9. The van der Waals surface area contributed by atoms with Gasteiger partial charge in [0, 0.05) is 0 Å². The van der Waals surface area contributed by atoms with E-state index in [-0.39, 0.29) is 0 Å². The Kier molecular flexibility index (Phi) is 29.5. The van der Waals surface area contributed by atoms with Crippen LogP contribution in [0.25, 0.3) is 0 Å². The van der Waals surface area contributed by atoms with Crippen LogP contribution in [-0.2, 0) is 4.79 Å². The quantitative estimate of drug-likeness (QED) is 0.0647. The van der Waals surface area contributed by atoms with Crippen molar-refractivity contribution in [2.75, 3.05) is 0 Å². The Labute approximate surface area is 245 Å². The standard InChI is InChI=1S/C36H71NO2/c1-3-5-7-9-11-13-15-17-19-20-22-24-26-28-30-32-34-36(39,35(37)38)33-31-29-27-25-23-21-18-16-14-12-10-8-6-4-2/h3,5,39H,4,6-34H2,1-2H3,(H2,37,38). The molecule has 0 heterocycles. The minimum Gasteiger partial charge on any atom is -0.380 e. The highest BCUT2D eigenvalue weighted by Crippen LogP contribution is 2.24.